The Morgan fingerprint density at radius 1 is 1.21 bits per heavy atom. The lowest BCUT2D eigenvalue weighted by molar-refractivity contribution is -0.116. The van der Waals surface area contributed by atoms with E-state index < -0.39 is 0 Å². The number of hydrogen-bond acceptors (Lipinski definition) is 2. The molecule has 1 aliphatic rings. The quantitative estimate of drug-likeness (QED) is 0.694. The topological polar surface area (TPSA) is 74.0 Å². The minimum absolute atomic E-state index is 0.0115. The van der Waals surface area contributed by atoms with Crippen molar-refractivity contribution in [2.24, 2.45) is 0 Å². The van der Waals surface area contributed by atoms with Gasteiger partial charge in [0.05, 0.1) is 12.8 Å². The van der Waals surface area contributed by atoms with Gasteiger partial charge in [-0.1, -0.05) is 12.1 Å². The largest absolute Gasteiger partial charge is 0.361 e. The van der Waals surface area contributed by atoms with Gasteiger partial charge in [-0.15, -0.1) is 0 Å². The summed E-state index contributed by atoms with van der Waals surface area (Å²) in [5.41, 5.74) is 5.65. The lowest BCUT2D eigenvalue weighted by atomic mass is 10.1. The Labute approximate surface area is 139 Å². The predicted octanol–water partition coefficient (Wildman–Crippen LogP) is 3.15. The van der Waals surface area contributed by atoms with Gasteiger partial charge in [-0.3, -0.25) is 9.59 Å². The maximum absolute atomic E-state index is 12.3. The molecule has 2 heterocycles. The van der Waals surface area contributed by atoms with Gasteiger partial charge in [0.1, 0.15) is 0 Å². The van der Waals surface area contributed by atoms with Crippen LogP contribution in [0.25, 0.3) is 10.9 Å². The highest BCUT2D eigenvalue weighted by molar-refractivity contribution is 6.01. The molecule has 120 valence electrons. The van der Waals surface area contributed by atoms with Crippen LogP contribution in [0.2, 0.25) is 0 Å². The molecule has 24 heavy (non-hydrogen) atoms. The molecule has 0 radical (unpaired) electrons. The summed E-state index contributed by atoms with van der Waals surface area (Å²) < 4.78 is 0. The predicted molar refractivity (Wildman–Crippen MR) is 94.1 cm³/mol. The highest BCUT2D eigenvalue weighted by Crippen LogP contribution is 2.26. The van der Waals surface area contributed by atoms with Crippen LogP contribution in [0.15, 0.2) is 42.6 Å². The first-order chi connectivity index (χ1) is 11.6. The van der Waals surface area contributed by atoms with E-state index in [2.05, 4.69) is 21.7 Å². The molecule has 4 rings (SSSR count). The Morgan fingerprint density at radius 3 is 2.96 bits per heavy atom. The molecule has 0 saturated carbocycles. The maximum Gasteiger partial charge on any atom is 0.228 e. The summed E-state index contributed by atoms with van der Waals surface area (Å²) in [6, 6.07) is 11.6. The van der Waals surface area contributed by atoms with E-state index in [-0.39, 0.29) is 11.8 Å². The third-order valence-corrected chi connectivity index (χ3v) is 4.29. The molecule has 5 nitrogen and oxygen atoms in total. The second-order valence-corrected chi connectivity index (χ2v) is 6.18. The number of anilines is 2. The zero-order chi connectivity index (χ0) is 16.7. The number of rotatable bonds is 3. The van der Waals surface area contributed by atoms with Crippen LogP contribution in [0, 0.1) is 6.92 Å². The number of nitrogens with one attached hydrogen (secondary N) is 3. The summed E-state index contributed by atoms with van der Waals surface area (Å²) in [6.45, 7) is 2.04. The minimum Gasteiger partial charge on any atom is -0.361 e. The zero-order valence-corrected chi connectivity index (χ0v) is 13.3. The monoisotopic (exact) mass is 319 g/mol. The Balaban J connectivity index is 1.50. The summed E-state index contributed by atoms with van der Waals surface area (Å²) in [6.07, 6.45) is 2.55. The fourth-order valence-electron chi connectivity index (χ4n) is 3.13. The third-order valence-electron chi connectivity index (χ3n) is 4.29. The highest BCUT2D eigenvalue weighted by Gasteiger charge is 2.18. The number of fused-ring (bicyclic) bond motifs is 2. The Bertz CT molecular complexity index is 972. The van der Waals surface area contributed by atoms with E-state index in [9.17, 15) is 9.59 Å². The summed E-state index contributed by atoms with van der Waals surface area (Å²) in [4.78, 5) is 27.0. The van der Waals surface area contributed by atoms with E-state index in [1.807, 2.05) is 37.4 Å². The van der Waals surface area contributed by atoms with E-state index in [0.717, 1.165) is 27.7 Å². The van der Waals surface area contributed by atoms with Crippen LogP contribution in [0.4, 0.5) is 11.4 Å². The second-order valence-electron chi connectivity index (χ2n) is 6.18. The van der Waals surface area contributed by atoms with Crippen LogP contribution in [-0.4, -0.2) is 16.8 Å². The van der Waals surface area contributed by atoms with Gasteiger partial charge in [0.2, 0.25) is 11.8 Å². The average molecular weight is 319 g/mol. The van der Waals surface area contributed by atoms with Crippen molar-refractivity contribution < 1.29 is 9.59 Å². The molecule has 5 heteroatoms. The smallest absolute Gasteiger partial charge is 0.228 e. The summed E-state index contributed by atoms with van der Waals surface area (Å²) in [7, 11) is 0. The Hall–Kier alpha value is -3.08. The van der Waals surface area contributed by atoms with Crippen molar-refractivity contribution in [3.8, 4) is 0 Å². The summed E-state index contributed by atoms with van der Waals surface area (Å²) in [5, 5.41) is 6.76. The van der Waals surface area contributed by atoms with Crippen molar-refractivity contribution in [3.05, 3.63) is 59.3 Å². The van der Waals surface area contributed by atoms with Crippen molar-refractivity contribution in [1.29, 1.82) is 0 Å². The minimum atomic E-state index is -0.0753. The molecular formula is C19H17N3O2. The Kier molecular flexibility index (Phi) is 3.34. The molecule has 0 atom stereocenters. The lowest BCUT2D eigenvalue weighted by Gasteiger charge is -2.07. The molecular weight excluding hydrogens is 302 g/mol. The van der Waals surface area contributed by atoms with Crippen LogP contribution in [-0.2, 0) is 22.4 Å². The maximum atomic E-state index is 12.3. The van der Waals surface area contributed by atoms with Crippen molar-refractivity contribution >= 4 is 34.1 Å². The molecule has 2 aromatic carbocycles. The first-order valence-electron chi connectivity index (χ1n) is 7.88. The number of amides is 2. The number of aryl methyl sites for hydroxylation is 1. The fraction of sp³-hybridized carbons (Fsp3) is 0.158. The van der Waals surface area contributed by atoms with E-state index in [1.54, 1.807) is 6.07 Å². The summed E-state index contributed by atoms with van der Waals surface area (Å²) in [5.74, 6) is -0.0868. The highest BCUT2D eigenvalue weighted by atomic mass is 16.2. The lowest BCUT2D eigenvalue weighted by Crippen LogP contribution is -2.14. The van der Waals surface area contributed by atoms with Gasteiger partial charge in [0.25, 0.3) is 0 Å². The number of carbonyl (C=O) groups is 2. The van der Waals surface area contributed by atoms with Gasteiger partial charge >= 0.3 is 0 Å². The number of aromatic amines is 1. The van der Waals surface area contributed by atoms with E-state index in [4.69, 9.17) is 0 Å². The van der Waals surface area contributed by atoms with Gasteiger partial charge in [-0.2, -0.15) is 0 Å². The number of hydrogen-bond donors (Lipinski definition) is 3. The van der Waals surface area contributed by atoms with Crippen LogP contribution < -0.4 is 10.6 Å². The first kappa shape index (κ1) is 14.5. The molecule has 0 aliphatic carbocycles. The standard InChI is InChI=1S/C19H17N3O2/c1-11-2-4-15-13(10-20-17(15)6-11)9-18(23)21-14-3-5-16-12(7-14)8-19(24)22-16/h2-7,10,20H,8-9H2,1H3,(H,21,23)(H,22,24). The summed E-state index contributed by atoms with van der Waals surface area (Å²) >= 11 is 0. The van der Waals surface area contributed by atoms with E-state index >= 15 is 0 Å². The molecule has 1 aliphatic heterocycles. The number of carbonyl (C=O) groups excluding carboxylic acids is 2. The third kappa shape index (κ3) is 2.65. The average Bonchev–Trinajstić information content (AvgIpc) is 3.09. The molecule has 0 fully saturated rings. The van der Waals surface area contributed by atoms with Crippen molar-refractivity contribution in [2.45, 2.75) is 19.8 Å². The molecule has 0 saturated heterocycles. The number of H-pyrrole nitrogens is 1. The van der Waals surface area contributed by atoms with Crippen molar-refractivity contribution in [3.63, 3.8) is 0 Å². The molecule has 0 unspecified atom stereocenters. The normalized spacial score (nSPS) is 13.0. The molecule has 0 bridgehead atoms. The molecule has 3 N–H and O–H groups in total. The second kappa shape index (κ2) is 5.53. The van der Waals surface area contributed by atoms with Gasteiger partial charge in [0.15, 0.2) is 0 Å². The van der Waals surface area contributed by atoms with E-state index in [0.29, 0.717) is 18.5 Å². The number of benzene rings is 2. The molecule has 1 aromatic heterocycles. The van der Waals surface area contributed by atoms with Gasteiger partial charge in [0, 0.05) is 28.5 Å². The van der Waals surface area contributed by atoms with E-state index in [1.165, 1.54) is 5.56 Å². The fourth-order valence-corrected chi connectivity index (χ4v) is 3.13. The van der Waals surface area contributed by atoms with Gasteiger partial charge in [-0.25, -0.2) is 0 Å². The molecule has 0 spiro atoms. The van der Waals surface area contributed by atoms with Crippen LogP contribution in [0.5, 0.6) is 0 Å². The zero-order valence-electron chi connectivity index (χ0n) is 13.3. The Morgan fingerprint density at radius 2 is 2.08 bits per heavy atom. The van der Waals surface area contributed by atoms with Crippen LogP contribution >= 0.6 is 0 Å². The first-order valence-corrected chi connectivity index (χ1v) is 7.88. The van der Waals surface area contributed by atoms with Gasteiger partial charge < -0.3 is 15.6 Å². The van der Waals surface area contributed by atoms with Crippen molar-refractivity contribution in [1.82, 2.24) is 4.98 Å². The molecule has 2 amide bonds. The van der Waals surface area contributed by atoms with Crippen molar-refractivity contribution in [2.75, 3.05) is 10.6 Å². The SMILES string of the molecule is Cc1ccc2c(CC(=O)Nc3ccc4c(c3)CC(=O)N4)c[nH]c2c1. The van der Waals surface area contributed by atoms with Crippen LogP contribution in [0.3, 0.4) is 0 Å². The van der Waals surface area contributed by atoms with Gasteiger partial charge in [-0.05, 0) is 47.9 Å². The number of aromatic nitrogens is 1. The van der Waals surface area contributed by atoms with Crippen LogP contribution in [0.1, 0.15) is 16.7 Å². The molecule has 3 aromatic rings.